The van der Waals surface area contributed by atoms with E-state index < -0.39 is 41.8 Å². The number of para-hydroxylation sites is 1. The van der Waals surface area contributed by atoms with Gasteiger partial charge in [-0.1, -0.05) is 30.3 Å². The number of imidazole rings is 1. The highest BCUT2D eigenvalue weighted by molar-refractivity contribution is 6.01. The van der Waals surface area contributed by atoms with Gasteiger partial charge in [0.15, 0.2) is 0 Å². The molecule has 6 rings (SSSR count). The number of rotatable bonds is 12. The van der Waals surface area contributed by atoms with E-state index in [4.69, 9.17) is 4.74 Å². The Morgan fingerprint density at radius 2 is 1.55 bits per heavy atom. The van der Waals surface area contributed by atoms with Gasteiger partial charge in [-0.2, -0.15) is 0 Å². The van der Waals surface area contributed by atoms with Crippen LogP contribution in [-0.4, -0.2) is 74.1 Å². The summed E-state index contributed by atoms with van der Waals surface area (Å²) in [7, 11) is 1.20. The third-order valence-corrected chi connectivity index (χ3v) is 9.26. The SMILES string of the molecule is COC(=O)[C@H](Cc1ccc(O)cc1)NC(=O)[C@H](C)NC(=O)[C@H](Cc1c[nH]c2ccccc12)NC(=O)c1cc(-c2nc3cc(C)c(C)cc3[nH]2)ccc1O. The fourth-order valence-corrected chi connectivity index (χ4v) is 6.12. The second kappa shape index (κ2) is 15.3. The molecule has 272 valence electrons. The van der Waals surface area contributed by atoms with Crippen LogP contribution in [0.4, 0.5) is 0 Å². The zero-order chi connectivity index (χ0) is 37.8. The highest BCUT2D eigenvalue weighted by Crippen LogP contribution is 2.28. The largest absolute Gasteiger partial charge is 0.508 e. The van der Waals surface area contributed by atoms with Gasteiger partial charge in [-0.3, -0.25) is 14.4 Å². The van der Waals surface area contributed by atoms with Gasteiger partial charge in [0.1, 0.15) is 35.4 Å². The molecule has 13 heteroatoms. The molecule has 0 bridgehead atoms. The normalized spacial score (nSPS) is 12.9. The minimum Gasteiger partial charge on any atom is -0.508 e. The zero-order valence-corrected chi connectivity index (χ0v) is 29.6. The van der Waals surface area contributed by atoms with Crippen LogP contribution >= 0.6 is 0 Å². The highest BCUT2D eigenvalue weighted by Gasteiger charge is 2.29. The molecule has 0 unspecified atom stereocenters. The average Bonchev–Trinajstić information content (AvgIpc) is 3.75. The Labute approximate surface area is 304 Å². The minimum absolute atomic E-state index is 0.0459. The first-order valence-electron chi connectivity index (χ1n) is 17.0. The maximum Gasteiger partial charge on any atom is 0.328 e. The topological polar surface area (TPSA) is 199 Å². The standard InChI is InChI=1S/C40H40N6O7/c1-21-15-31-32(16-22(21)2)44-36(43-31)25-11-14-35(48)29(18-25)38(50)45-33(19-26-20-41-30-8-6-5-7-28(26)30)39(51)42-23(3)37(49)46-34(40(52)53-4)17-24-9-12-27(47)13-10-24/h5-16,18,20,23,33-34,41,47-48H,17,19H2,1-4H3,(H,42,51)(H,43,44)(H,45,50)(H,46,49)/t23-,33-,34-/m0/s1. The van der Waals surface area contributed by atoms with Crippen LogP contribution < -0.4 is 16.0 Å². The number of phenols is 2. The van der Waals surface area contributed by atoms with Crippen LogP contribution in [0.15, 0.2) is 85.1 Å². The molecule has 6 aromatic rings. The number of aromatic nitrogens is 3. The number of esters is 1. The van der Waals surface area contributed by atoms with Crippen molar-refractivity contribution in [2.75, 3.05) is 7.11 Å². The van der Waals surface area contributed by atoms with E-state index in [1.807, 2.05) is 50.2 Å². The van der Waals surface area contributed by atoms with E-state index in [9.17, 15) is 29.4 Å². The van der Waals surface area contributed by atoms with Crippen LogP contribution in [0.3, 0.4) is 0 Å². The predicted octanol–water partition coefficient (Wildman–Crippen LogP) is 4.49. The van der Waals surface area contributed by atoms with E-state index in [-0.39, 0.29) is 29.9 Å². The van der Waals surface area contributed by atoms with Crippen molar-refractivity contribution in [1.82, 2.24) is 30.9 Å². The van der Waals surface area contributed by atoms with Gasteiger partial charge in [-0.05, 0) is 91.6 Å². The lowest BCUT2D eigenvalue weighted by molar-refractivity contribution is -0.145. The molecule has 0 fully saturated rings. The summed E-state index contributed by atoms with van der Waals surface area (Å²) >= 11 is 0. The van der Waals surface area contributed by atoms with E-state index in [0.717, 1.165) is 38.6 Å². The Hall–Kier alpha value is -6.63. The number of aromatic hydroxyl groups is 2. The molecule has 53 heavy (non-hydrogen) atoms. The average molecular weight is 717 g/mol. The van der Waals surface area contributed by atoms with Crippen molar-refractivity contribution in [3.63, 3.8) is 0 Å². The number of nitrogens with one attached hydrogen (secondary N) is 5. The summed E-state index contributed by atoms with van der Waals surface area (Å²) in [6.07, 6.45) is 1.87. The second-order valence-electron chi connectivity index (χ2n) is 13.0. The van der Waals surface area contributed by atoms with Gasteiger partial charge in [0.2, 0.25) is 11.8 Å². The number of hydrogen-bond donors (Lipinski definition) is 7. The monoisotopic (exact) mass is 716 g/mol. The number of amides is 3. The molecule has 3 amide bonds. The summed E-state index contributed by atoms with van der Waals surface area (Å²) < 4.78 is 4.89. The number of ether oxygens (including phenoxy) is 1. The van der Waals surface area contributed by atoms with Crippen molar-refractivity contribution >= 4 is 45.6 Å². The fraction of sp³-hybridized carbons (Fsp3) is 0.225. The summed E-state index contributed by atoms with van der Waals surface area (Å²) in [5, 5.41) is 29.3. The predicted molar refractivity (Wildman–Crippen MR) is 199 cm³/mol. The Kier molecular flexibility index (Phi) is 10.5. The molecule has 2 aromatic heterocycles. The molecule has 0 spiro atoms. The maximum atomic E-state index is 13.9. The first-order valence-corrected chi connectivity index (χ1v) is 17.0. The van der Waals surface area contributed by atoms with E-state index in [0.29, 0.717) is 17.0 Å². The van der Waals surface area contributed by atoms with E-state index in [1.165, 1.54) is 38.3 Å². The smallest absolute Gasteiger partial charge is 0.328 e. The van der Waals surface area contributed by atoms with Gasteiger partial charge in [-0.25, -0.2) is 9.78 Å². The van der Waals surface area contributed by atoms with Gasteiger partial charge in [0.25, 0.3) is 5.91 Å². The number of methoxy groups -OCH3 is 1. The number of aryl methyl sites for hydroxylation is 2. The molecular formula is C40H40N6O7. The molecule has 13 nitrogen and oxygen atoms in total. The molecule has 0 aliphatic carbocycles. The maximum absolute atomic E-state index is 13.9. The van der Waals surface area contributed by atoms with Crippen molar-refractivity contribution in [2.24, 2.45) is 0 Å². The third-order valence-electron chi connectivity index (χ3n) is 9.26. The Morgan fingerprint density at radius 3 is 2.30 bits per heavy atom. The van der Waals surface area contributed by atoms with Crippen LogP contribution in [0.5, 0.6) is 11.5 Å². The molecule has 2 heterocycles. The summed E-state index contributed by atoms with van der Waals surface area (Å²) in [5.74, 6) is -2.48. The minimum atomic E-state index is -1.19. The molecule has 0 radical (unpaired) electrons. The van der Waals surface area contributed by atoms with Gasteiger partial charge in [0, 0.05) is 35.5 Å². The quantitative estimate of drug-likeness (QED) is 0.0899. The van der Waals surface area contributed by atoms with E-state index in [2.05, 4.69) is 30.9 Å². The van der Waals surface area contributed by atoms with Crippen LogP contribution in [-0.2, 0) is 32.0 Å². The molecule has 0 aliphatic heterocycles. The van der Waals surface area contributed by atoms with Crippen molar-refractivity contribution in [3.05, 3.63) is 113 Å². The number of carbonyl (C=O) groups is 4. The van der Waals surface area contributed by atoms with Gasteiger partial charge < -0.3 is 40.9 Å². The molecule has 0 aliphatic rings. The Bertz CT molecular complexity index is 2290. The van der Waals surface area contributed by atoms with Crippen LogP contribution in [0.2, 0.25) is 0 Å². The van der Waals surface area contributed by atoms with Crippen molar-refractivity contribution in [1.29, 1.82) is 0 Å². The molecule has 4 aromatic carbocycles. The number of H-pyrrole nitrogens is 2. The number of hydrogen-bond acceptors (Lipinski definition) is 8. The molecule has 0 saturated heterocycles. The molecular weight excluding hydrogens is 676 g/mol. The second-order valence-corrected chi connectivity index (χ2v) is 13.0. The fourth-order valence-electron chi connectivity index (χ4n) is 6.12. The van der Waals surface area contributed by atoms with Crippen LogP contribution in [0, 0.1) is 13.8 Å². The summed E-state index contributed by atoms with van der Waals surface area (Å²) in [6, 6.07) is 18.8. The number of nitrogens with zero attached hydrogens (tertiary/aromatic N) is 1. The summed E-state index contributed by atoms with van der Waals surface area (Å²) in [5.41, 5.74) is 6.49. The first-order chi connectivity index (χ1) is 25.4. The van der Waals surface area contributed by atoms with E-state index in [1.54, 1.807) is 24.4 Å². The molecule has 3 atom stereocenters. The van der Waals surface area contributed by atoms with Gasteiger partial charge in [0.05, 0.1) is 23.7 Å². The number of aromatic amines is 2. The number of fused-ring (bicyclic) bond motifs is 2. The molecule has 7 N–H and O–H groups in total. The number of carbonyl (C=O) groups excluding carboxylic acids is 4. The van der Waals surface area contributed by atoms with E-state index >= 15 is 0 Å². The number of benzene rings is 4. The Balaban J connectivity index is 1.23. The van der Waals surface area contributed by atoms with Gasteiger partial charge >= 0.3 is 5.97 Å². The zero-order valence-electron chi connectivity index (χ0n) is 29.6. The van der Waals surface area contributed by atoms with Crippen molar-refractivity contribution in [3.8, 4) is 22.9 Å². The number of phenolic OH excluding ortho intramolecular Hbond substituents is 2. The van der Waals surface area contributed by atoms with Crippen LogP contribution in [0.25, 0.3) is 33.3 Å². The van der Waals surface area contributed by atoms with Gasteiger partial charge in [-0.15, -0.1) is 0 Å². The lowest BCUT2D eigenvalue weighted by atomic mass is 10.0. The molecule has 0 saturated carbocycles. The lowest BCUT2D eigenvalue weighted by Crippen LogP contribution is -2.55. The van der Waals surface area contributed by atoms with Crippen molar-refractivity contribution in [2.45, 2.75) is 51.7 Å². The van der Waals surface area contributed by atoms with Crippen molar-refractivity contribution < 1.29 is 34.1 Å². The summed E-state index contributed by atoms with van der Waals surface area (Å²) in [6.45, 7) is 5.46. The highest BCUT2D eigenvalue weighted by atomic mass is 16.5. The summed E-state index contributed by atoms with van der Waals surface area (Å²) in [4.78, 5) is 64.8. The Morgan fingerprint density at radius 1 is 0.811 bits per heavy atom. The lowest BCUT2D eigenvalue weighted by Gasteiger charge is -2.23. The first kappa shape index (κ1) is 36.2. The third kappa shape index (κ3) is 8.14. The van der Waals surface area contributed by atoms with Crippen LogP contribution in [0.1, 0.15) is 39.5 Å².